The highest BCUT2D eigenvalue weighted by Crippen LogP contribution is 2.25. The van der Waals surface area contributed by atoms with E-state index in [1.165, 1.54) is 6.07 Å². The quantitative estimate of drug-likeness (QED) is 0.595. The average Bonchev–Trinajstić information content (AvgIpc) is 2.66. The topological polar surface area (TPSA) is 43.4 Å². The molecule has 1 N–H and O–H groups in total. The maximum Gasteiger partial charge on any atom is 0.129 e. The second kappa shape index (κ2) is 9.03. The Morgan fingerprint density at radius 2 is 1.78 bits per heavy atom. The Kier molecular flexibility index (Phi) is 6.26. The first-order valence-electron chi connectivity index (χ1n) is 8.92. The van der Waals surface area contributed by atoms with Gasteiger partial charge in [-0.25, -0.2) is 9.37 Å². The third-order valence-electron chi connectivity index (χ3n) is 3.80. The van der Waals surface area contributed by atoms with Gasteiger partial charge in [-0.15, -0.1) is 0 Å². The predicted molar refractivity (Wildman–Crippen MR) is 105 cm³/mol. The van der Waals surface area contributed by atoms with Crippen LogP contribution in [-0.2, 0) is 13.2 Å². The van der Waals surface area contributed by atoms with Crippen LogP contribution in [0.2, 0.25) is 0 Å². The normalized spacial score (nSPS) is 10.7. The maximum absolute atomic E-state index is 13.8. The molecular formula is C22H23FN2O2. The van der Waals surface area contributed by atoms with E-state index in [-0.39, 0.29) is 18.5 Å². The lowest BCUT2D eigenvalue weighted by atomic mass is 10.2. The summed E-state index contributed by atoms with van der Waals surface area (Å²) in [6.45, 7) is 4.67. The molecule has 140 valence electrons. The molecule has 5 heteroatoms. The van der Waals surface area contributed by atoms with Crippen molar-refractivity contribution in [3.8, 4) is 11.5 Å². The second-order valence-corrected chi connectivity index (χ2v) is 6.43. The number of pyridine rings is 1. The SMILES string of the molecule is CC(C)Oc1cc(CNc2ccccn2)cc(OCc2ccccc2F)c1. The highest BCUT2D eigenvalue weighted by molar-refractivity contribution is 5.41. The zero-order chi connectivity index (χ0) is 19.1. The molecule has 0 fully saturated rings. The Morgan fingerprint density at radius 3 is 2.52 bits per heavy atom. The monoisotopic (exact) mass is 366 g/mol. The van der Waals surface area contributed by atoms with Crippen molar-refractivity contribution in [2.45, 2.75) is 33.1 Å². The summed E-state index contributed by atoms with van der Waals surface area (Å²) in [6, 6.07) is 18.0. The summed E-state index contributed by atoms with van der Waals surface area (Å²) in [5.41, 5.74) is 1.50. The Balaban J connectivity index is 1.74. The highest BCUT2D eigenvalue weighted by atomic mass is 19.1. The van der Waals surface area contributed by atoms with E-state index < -0.39 is 0 Å². The molecule has 0 unspecified atom stereocenters. The van der Waals surface area contributed by atoms with Crippen molar-refractivity contribution in [1.29, 1.82) is 0 Å². The zero-order valence-electron chi connectivity index (χ0n) is 15.5. The zero-order valence-corrected chi connectivity index (χ0v) is 15.5. The van der Waals surface area contributed by atoms with Crippen LogP contribution < -0.4 is 14.8 Å². The average molecular weight is 366 g/mol. The van der Waals surface area contributed by atoms with Crippen LogP contribution in [0.5, 0.6) is 11.5 Å². The van der Waals surface area contributed by atoms with Crippen LogP contribution in [0.15, 0.2) is 66.9 Å². The molecule has 0 atom stereocenters. The van der Waals surface area contributed by atoms with Crippen LogP contribution in [-0.4, -0.2) is 11.1 Å². The predicted octanol–water partition coefficient (Wildman–Crippen LogP) is 5.20. The lowest BCUT2D eigenvalue weighted by Crippen LogP contribution is -2.07. The molecule has 0 bridgehead atoms. The van der Waals surface area contributed by atoms with E-state index in [0.717, 1.165) is 11.4 Å². The molecule has 1 heterocycles. The van der Waals surface area contributed by atoms with E-state index in [0.29, 0.717) is 23.6 Å². The first-order chi connectivity index (χ1) is 13.1. The lowest BCUT2D eigenvalue weighted by molar-refractivity contribution is 0.239. The van der Waals surface area contributed by atoms with Gasteiger partial charge < -0.3 is 14.8 Å². The number of benzene rings is 2. The maximum atomic E-state index is 13.8. The standard InChI is InChI=1S/C22H23FN2O2/c1-16(2)27-20-12-17(14-25-22-9-5-6-10-24-22)11-19(13-20)26-15-18-7-3-4-8-21(18)23/h3-13,16H,14-15H2,1-2H3,(H,24,25). The summed E-state index contributed by atoms with van der Waals surface area (Å²) in [5.74, 6) is 1.87. The van der Waals surface area contributed by atoms with Crippen LogP contribution in [0.25, 0.3) is 0 Å². The molecule has 3 rings (SSSR count). The van der Waals surface area contributed by atoms with Gasteiger partial charge in [0.25, 0.3) is 0 Å². The molecule has 0 saturated carbocycles. The van der Waals surface area contributed by atoms with Crippen LogP contribution in [0.1, 0.15) is 25.0 Å². The molecule has 0 amide bonds. The second-order valence-electron chi connectivity index (χ2n) is 6.43. The Hall–Kier alpha value is -3.08. The van der Waals surface area contributed by atoms with E-state index in [2.05, 4.69) is 10.3 Å². The third kappa shape index (κ3) is 5.71. The van der Waals surface area contributed by atoms with Gasteiger partial charge in [-0.2, -0.15) is 0 Å². The fourth-order valence-electron chi connectivity index (χ4n) is 2.59. The summed E-state index contributed by atoms with van der Waals surface area (Å²) in [7, 11) is 0. The van der Waals surface area contributed by atoms with Gasteiger partial charge in [-0.3, -0.25) is 0 Å². The Morgan fingerprint density at radius 1 is 1.00 bits per heavy atom. The Bertz CT molecular complexity index is 869. The number of anilines is 1. The van der Waals surface area contributed by atoms with Crippen LogP contribution >= 0.6 is 0 Å². The van der Waals surface area contributed by atoms with Crippen LogP contribution in [0.3, 0.4) is 0 Å². The number of nitrogens with zero attached hydrogens (tertiary/aromatic N) is 1. The van der Waals surface area contributed by atoms with Gasteiger partial charge in [0.1, 0.15) is 29.7 Å². The van der Waals surface area contributed by atoms with Gasteiger partial charge in [-0.05, 0) is 49.7 Å². The van der Waals surface area contributed by atoms with Crippen molar-refractivity contribution in [3.05, 3.63) is 83.8 Å². The van der Waals surface area contributed by atoms with Crippen molar-refractivity contribution in [1.82, 2.24) is 4.98 Å². The van der Waals surface area contributed by atoms with Gasteiger partial charge in [-0.1, -0.05) is 24.3 Å². The molecule has 0 radical (unpaired) electrons. The molecule has 0 spiro atoms. The minimum Gasteiger partial charge on any atom is -0.491 e. The van der Waals surface area contributed by atoms with Gasteiger partial charge in [0.2, 0.25) is 0 Å². The van der Waals surface area contributed by atoms with Crippen molar-refractivity contribution >= 4 is 5.82 Å². The van der Waals surface area contributed by atoms with Gasteiger partial charge in [0, 0.05) is 24.4 Å². The summed E-state index contributed by atoms with van der Waals surface area (Å²) < 4.78 is 25.5. The summed E-state index contributed by atoms with van der Waals surface area (Å²) in [5, 5.41) is 3.27. The Labute approximate surface area is 159 Å². The number of rotatable bonds is 8. The first kappa shape index (κ1) is 18.7. The van der Waals surface area contributed by atoms with E-state index in [1.54, 1.807) is 24.4 Å². The molecule has 27 heavy (non-hydrogen) atoms. The van der Waals surface area contributed by atoms with E-state index in [4.69, 9.17) is 9.47 Å². The number of hydrogen-bond acceptors (Lipinski definition) is 4. The van der Waals surface area contributed by atoms with Gasteiger partial charge in [0.15, 0.2) is 0 Å². The fraction of sp³-hybridized carbons (Fsp3) is 0.227. The molecule has 4 nitrogen and oxygen atoms in total. The number of ether oxygens (including phenoxy) is 2. The molecule has 0 aliphatic heterocycles. The van der Waals surface area contributed by atoms with E-state index in [1.807, 2.05) is 50.2 Å². The van der Waals surface area contributed by atoms with Crippen molar-refractivity contribution in [2.24, 2.45) is 0 Å². The minimum atomic E-state index is -0.274. The summed E-state index contributed by atoms with van der Waals surface area (Å²) >= 11 is 0. The smallest absolute Gasteiger partial charge is 0.129 e. The van der Waals surface area contributed by atoms with Crippen molar-refractivity contribution < 1.29 is 13.9 Å². The highest BCUT2D eigenvalue weighted by Gasteiger charge is 2.07. The van der Waals surface area contributed by atoms with Gasteiger partial charge >= 0.3 is 0 Å². The molecule has 0 aliphatic rings. The first-order valence-corrected chi connectivity index (χ1v) is 8.92. The minimum absolute atomic E-state index is 0.0448. The molecule has 0 saturated heterocycles. The van der Waals surface area contributed by atoms with Crippen molar-refractivity contribution in [2.75, 3.05) is 5.32 Å². The van der Waals surface area contributed by atoms with Gasteiger partial charge in [0.05, 0.1) is 6.10 Å². The largest absolute Gasteiger partial charge is 0.491 e. The van der Waals surface area contributed by atoms with E-state index in [9.17, 15) is 4.39 Å². The number of halogens is 1. The summed E-state index contributed by atoms with van der Waals surface area (Å²) in [4.78, 5) is 4.26. The third-order valence-corrected chi connectivity index (χ3v) is 3.80. The number of nitrogens with one attached hydrogen (secondary N) is 1. The van der Waals surface area contributed by atoms with Crippen LogP contribution in [0.4, 0.5) is 10.2 Å². The summed E-state index contributed by atoms with van der Waals surface area (Å²) in [6.07, 6.45) is 1.78. The number of aromatic nitrogens is 1. The molecule has 0 aliphatic carbocycles. The van der Waals surface area contributed by atoms with Crippen LogP contribution in [0, 0.1) is 5.82 Å². The molecule has 1 aromatic heterocycles. The fourth-order valence-corrected chi connectivity index (χ4v) is 2.59. The number of hydrogen-bond donors (Lipinski definition) is 1. The molecule has 2 aromatic carbocycles. The molecular weight excluding hydrogens is 343 g/mol. The molecule has 3 aromatic rings. The lowest BCUT2D eigenvalue weighted by Gasteiger charge is -2.15. The van der Waals surface area contributed by atoms with E-state index >= 15 is 0 Å². The van der Waals surface area contributed by atoms with Crippen molar-refractivity contribution in [3.63, 3.8) is 0 Å².